The molecule has 0 spiro atoms. The van der Waals surface area contributed by atoms with Crippen molar-refractivity contribution < 1.29 is 14.6 Å². The van der Waals surface area contributed by atoms with Gasteiger partial charge in [0, 0.05) is 22.4 Å². The molecule has 4 heteroatoms. The maximum atomic E-state index is 13.5. The van der Waals surface area contributed by atoms with E-state index in [0.717, 1.165) is 42.5 Å². The van der Waals surface area contributed by atoms with Crippen LogP contribution >= 0.6 is 0 Å². The number of piperidine rings is 1. The monoisotopic (exact) mass is 439 g/mol. The van der Waals surface area contributed by atoms with Gasteiger partial charge in [-0.15, -0.1) is 0 Å². The summed E-state index contributed by atoms with van der Waals surface area (Å²) in [5.41, 5.74) is 3.77. The highest BCUT2D eigenvalue weighted by atomic mass is 16.5. The molecule has 4 atom stereocenters. The zero-order chi connectivity index (χ0) is 22.8. The topological polar surface area (TPSA) is 49.8 Å². The first-order valence-corrected chi connectivity index (χ1v) is 11.8. The molecule has 4 bridgehead atoms. The molecule has 2 aromatic carbocycles. The minimum atomic E-state index is -0.436. The highest BCUT2D eigenvalue weighted by Crippen LogP contribution is 2.72. The van der Waals surface area contributed by atoms with Crippen LogP contribution in [-0.4, -0.2) is 42.5 Å². The quantitative estimate of drug-likeness (QED) is 0.754. The van der Waals surface area contributed by atoms with Gasteiger partial charge in [0.15, 0.2) is 17.3 Å². The number of hydrogen-bond acceptors (Lipinski definition) is 4. The molecule has 6 rings (SSSR count). The number of methoxy groups -OCH3 is 1. The number of phenolic OH excluding ortho intramolecular Hbond substituents is 1. The number of nitrogens with zero attached hydrogens (tertiary/aromatic N) is 1. The lowest BCUT2D eigenvalue weighted by Crippen LogP contribution is -2.66. The second-order valence-electron chi connectivity index (χ2n) is 9.97. The molecule has 1 saturated heterocycles. The first kappa shape index (κ1) is 20.5. The lowest BCUT2D eigenvalue weighted by Gasteiger charge is -2.62. The van der Waals surface area contributed by atoms with Gasteiger partial charge in [-0.1, -0.05) is 66.3 Å². The molecule has 2 aromatic rings. The van der Waals surface area contributed by atoms with E-state index in [9.17, 15) is 9.90 Å². The molecule has 1 heterocycles. The number of likely N-dealkylation sites (N-methyl/N-ethyl adjacent to an activating group) is 1. The number of aromatic hydroxyl groups is 1. The van der Waals surface area contributed by atoms with Gasteiger partial charge in [0.25, 0.3) is 0 Å². The van der Waals surface area contributed by atoms with Crippen molar-refractivity contribution >= 4 is 11.9 Å². The summed E-state index contributed by atoms with van der Waals surface area (Å²) in [5, 5.41) is 11.4. The summed E-state index contributed by atoms with van der Waals surface area (Å²) in [6.45, 7) is 0.910. The Kier molecular flexibility index (Phi) is 4.47. The highest BCUT2D eigenvalue weighted by molar-refractivity contribution is 5.99. The minimum absolute atomic E-state index is 0.154. The first-order valence-electron chi connectivity index (χ1n) is 11.8. The lowest BCUT2D eigenvalue weighted by atomic mass is 9.46. The van der Waals surface area contributed by atoms with E-state index in [2.05, 4.69) is 54.5 Å². The second-order valence-corrected chi connectivity index (χ2v) is 9.97. The summed E-state index contributed by atoms with van der Waals surface area (Å²) >= 11 is 0. The van der Waals surface area contributed by atoms with Crippen molar-refractivity contribution in [3.05, 3.63) is 89.0 Å². The Hall–Kier alpha value is -3.11. The van der Waals surface area contributed by atoms with Crippen LogP contribution in [0.1, 0.15) is 29.5 Å². The molecule has 4 aliphatic rings. The van der Waals surface area contributed by atoms with Crippen LogP contribution in [0, 0.1) is 11.3 Å². The zero-order valence-corrected chi connectivity index (χ0v) is 19.1. The molecule has 1 saturated carbocycles. The van der Waals surface area contributed by atoms with Crippen molar-refractivity contribution in [2.24, 2.45) is 11.3 Å². The summed E-state index contributed by atoms with van der Waals surface area (Å²) < 4.78 is 5.51. The fourth-order valence-electron chi connectivity index (χ4n) is 7.45. The van der Waals surface area contributed by atoms with E-state index in [-0.39, 0.29) is 22.9 Å². The van der Waals surface area contributed by atoms with Gasteiger partial charge in [-0.05, 0) is 56.1 Å². The molecule has 33 heavy (non-hydrogen) atoms. The number of benzene rings is 2. The Bertz CT molecular complexity index is 1230. The van der Waals surface area contributed by atoms with Gasteiger partial charge in [0.1, 0.15) is 0 Å². The van der Waals surface area contributed by atoms with Crippen LogP contribution in [0.15, 0.2) is 72.3 Å². The number of allylic oxidation sites excluding steroid dienone is 4. The van der Waals surface area contributed by atoms with Crippen LogP contribution in [0.2, 0.25) is 0 Å². The Morgan fingerprint density at radius 1 is 1.18 bits per heavy atom. The van der Waals surface area contributed by atoms with Crippen molar-refractivity contribution in [2.75, 3.05) is 20.7 Å². The van der Waals surface area contributed by atoms with E-state index >= 15 is 0 Å². The fraction of sp³-hybridized carbons (Fsp3) is 0.345. The number of carbonyl (C=O) groups is 1. The third-order valence-electron chi connectivity index (χ3n) is 8.71. The van der Waals surface area contributed by atoms with Gasteiger partial charge < -0.3 is 14.7 Å². The van der Waals surface area contributed by atoms with Crippen LogP contribution in [0.3, 0.4) is 0 Å². The van der Waals surface area contributed by atoms with Crippen molar-refractivity contribution in [2.45, 2.75) is 30.7 Å². The SMILES string of the molecule is COc1ccc2c(c1O)[C@]13CCN(C)[C@H](C2)[C@]12C=CC(=O)[C@H]3/C(=C/C=C/c1ccccc1)C2. The Balaban J connectivity index is 1.56. The summed E-state index contributed by atoms with van der Waals surface area (Å²) in [7, 11) is 3.80. The maximum absolute atomic E-state index is 13.5. The van der Waals surface area contributed by atoms with Gasteiger partial charge in [-0.3, -0.25) is 4.79 Å². The average Bonchev–Trinajstić information content (AvgIpc) is 3.04. The predicted molar refractivity (Wildman–Crippen MR) is 129 cm³/mol. The third-order valence-corrected chi connectivity index (χ3v) is 8.71. The second kappa shape index (κ2) is 7.19. The number of hydrogen-bond donors (Lipinski definition) is 1. The molecule has 0 unspecified atom stereocenters. The predicted octanol–water partition coefficient (Wildman–Crippen LogP) is 4.68. The number of carbonyl (C=O) groups excluding carboxylic acids is 1. The van der Waals surface area contributed by atoms with Crippen molar-refractivity contribution in [1.29, 1.82) is 0 Å². The van der Waals surface area contributed by atoms with E-state index in [4.69, 9.17) is 4.74 Å². The summed E-state index contributed by atoms with van der Waals surface area (Å²) in [4.78, 5) is 16.0. The normalized spacial score (nSPS) is 33.4. The number of phenols is 1. The van der Waals surface area contributed by atoms with E-state index in [1.165, 1.54) is 5.57 Å². The highest BCUT2D eigenvalue weighted by Gasteiger charge is 2.72. The standard InChI is InChI=1S/C29H29NO3/c1-30-16-15-29-25-21(10-6-9-19-7-4-3-5-8-19)18-28(29,14-13-22(25)31)24(30)17-20-11-12-23(33-2)27(32)26(20)29/h3-14,24-25,32H,15-18H2,1-2H3/b9-6+,21-10+/t24-,25-,28-,29-/m1/s1. The molecule has 1 aliphatic heterocycles. The minimum Gasteiger partial charge on any atom is -0.504 e. The molecule has 1 N–H and O–H groups in total. The number of fused-ring (bicyclic) bond motifs is 1. The molecule has 0 amide bonds. The first-order chi connectivity index (χ1) is 16.0. The zero-order valence-electron chi connectivity index (χ0n) is 19.1. The number of ether oxygens (including phenoxy) is 1. The summed E-state index contributed by atoms with van der Waals surface area (Å²) in [6.07, 6.45) is 12.9. The smallest absolute Gasteiger partial charge is 0.163 e. The maximum Gasteiger partial charge on any atom is 0.163 e. The molecular formula is C29H29NO3. The molecule has 4 nitrogen and oxygen atoms in total. The number of rotatable bonds is 3. The molecule has 3 aliphatic carbocycles. The van der Waals surface area contributed by atoms with E-state index < -0.39 is 5.41 Å². The van der Waals surface area contributed by atoms with Gasteiger partial charge in [0.05, 0.1) is 13.0 Å². The Morgan fingerprint density at radius 3 is 2.79 bits per heavy atom. The Labute approximate surface area is 194 Å². The van der Waals surface area contributed by atoms with Gasteiger partial charge in [-0.2, -0.15) is 0 Å². The Morgan fingerprint density at radius 2 is 2.00 bits per heavy atom. The largest absolute Gasteiger partial charge is 0.504 e. The molecule has 0 radical (unpaired) electrons. The van der Waals surface area contributed by atoms with Crippen LogP contribution < -0.4 is 4.74 Å². The summed E-state index contributed by atoms with van der Waals surface area (Å²) in [5.74, 6) is 0.611. The van der Waals surface area contributed by atoms with E-state index in [0.29, 0.717) is 11.8 Å². The van der Waals surface area contributed by atoms with Gasteiger partial charge in [0.2, 0.25) is 0 Å². The molecule has 0 aromatic heterocycles. The van der Waals surface area contributed by atoms with Crippen LogP contribution in [0.4, 0.5) is 0 Å². The van der Waals surface area contributed by atoms with Crippen molar-refractivity contribution in [3.63, 3.8) is 0 Å². The molecule has 168 valence electrons. The number of likely N-dealkylation sites (tertiary alicyclic amines) is 1. The average molecular weight is 440 g/mol. The van der Waals surface area contributed by atoms with E-state index in [1.807, 2.05) is 30.3 Å². The van der Waals surface area contributed by atoms with E-state index in [1.54, 1.807) is 7.11 Å². The fourth-order valence-corrected chi connectivity index (χ4v) is 7.45. The van der Waals surface area contributed by atoms with Gasteiger partial charge in [-0.25, -0.2) is 0 Å². The van der Waals surface area contributed by atoms with Gasteiger partial charge >= 0.3 is 0 Å². The van der Waals surface area contributed by atoms with Crippen molar-refractivity contribution in [1.82, 2.24) is 4.90 Å². The van der Waals surface area contributed by atoms with Crippen molar-refractivity contribution in [3.8, 4) is 11.5 Å². The molecular weight excluding hydrogens is 410 g/mol. The van der Waals surface area contributed by atoms with Crippen LogP contribution in [0.25, 0.3) is 6.08 Å². The third kappa shape index (κ3) is 2.59. The number of ketones is 1. The van der Waals surface area contributed by atoms with Crippen LogP contribution in [-0.2, 0) is 16.6 Å². The molecule has 2 fully saturated rings. The van der Waals surface area contributed by atoms with Crippen LogP contribution in [0.5, 0.6) is 11.5 Å². The summed E-state index contributed by atoms with van der Waals surface area (Å²) in [6, 6.07) is 14.5. The lowest BCUT2D eigenvalue weighted by molar-refractivity contribution is -0.123.